The van der Waals surface area contributed by atoms with Gasteiger partial charge >= 0.3 is 0 Å². The summed E-state index contributed by atoms with van der Waals surface area (Å²) < 4.78 is 16.0. The first kappa shape index (κ1) is 21.1. The molecular weight excluding hydrogens is 374 g/mol. The van der Waals surface area contributed by atoms with Crippen molar-refractivity contribution in [3.05, 3.63) is 18.0 Å². The van der Waals surface area contributed by atoms with Crippen molar-refractivity contribution in [1.29, 1.82) is 0 Å². The summed E-state index contributed by atoms with van der Waals surface area (Å²) in [6.45, 7) is 3.02. The van der Waals surface area contributed by atoms with Crippen molar-refractivity contribution in [3.63, 3.8) is 0 Å². The summed E-state index contributed by atoms with van der Waals surface area (Å²) in [5.74, 6) is 1.82. The molecule has 0 bridgehead atoms. The van der Waals surface area contributed by atoms with Gasteiger partial charge in [0.2, 0.25) is 5.91 Å². The Morgan fingerprint density at radius 1 is 1.31 bits per heavy atom. The van der Waals surface area contributed by atoms with E-state index in [9.17, 15) is 4.79 Å². The van der Waals surface area contributed by atoms with Gasteiger partial charge in [0.05, 0.1) is 25.3 Å². The van der Waals surface area contributed by atoms with Gasteiger partial charge in [0.25, 0.3) is 0 Å². The van der Waals surface area contributed by atoms with Crippen LogP contribution in [0.5, 0.6) is 11.5 Å². The molecule has 1 aliphatic rings. The largest absolute Gasteiger partial charge is 0.493 e. The third kappa shape index (κ3) is 4.68. The lowest BCUT2D eigenvalue weighted by Crippen LogP contribution is -2.38. The molecule has 2 aromatic rings. The highest BCUT2D eigenvalue weighted by molar-refractivity contribution is 5.90. The van der Waals surface area contributed by atoms with Crippen LogP contribution in [0.25, 0.3) is 10.9 Å². The van der Waals surface area contributed by atoms with Crippen LogP contribution in [0.3, 0.4) is 0 Å². The zero-order valence-corrected chi connectivity index (χ0v) is 17.2. The second-order valence-corrected chi connectivity index (χ2v) is 7.47. The van der Waals surface area contributed by atoms with Gasteiger partial charge in [-0.3, -0.25) is 4.79 Å². The molecule has 1 saturated heterocycles. The molecule has 1 amide bonds. The average Bonchev–Trinajstić information content (AvgIpc) is 3.25. The van der Waals surface area contributed by atoms with Crippen molar-refractivity contribution in [1.82, 2.24) is 15.3 Å². The van der Waals surface area contributed by atoms with E-state index in [0.29, 0.717) is 60.0 Å². The Labute approximate surface area is 170 Å². The van der Waals surface area contributed by atoms with Crippen molar-refractivity contribution >= 4 is 22.6 Å². The van der Waals surface area contributed by atoms with Gasteiger partial charge in [0.15, 0.2) is 17.3 Å². The molecule has 0 radical (unpaired) electrons. The number of hydrogen-bond donors (Lipinski definition) is 3. The standard InChI is InChI=1S/C20H29N5O4/c1-20(22,7-5-8-23-18(26)14-6-4-9-29-14)19-24-13-11-16(28-3)15(27-2)10-12(13)17(21)25-19/h10-11,14H,4-9,22H2,1-3H3,(H,23,26)(H2,21,24,25). The Kier molecular flexibility index (Phi) is 6.39. The summed E-state index contributed by atoms with van der Waals surface area (Å²) in [7, 11) is 3.12. The molecule has 0 aliphatic carbocycles. The maximum Gasteiger partial charge on any atom is 0.249 e. The van der Waals surface area contributed by atoms with Crippen LogP contribution in [0.15, 0.2) is 12.1 Å². The van der Waals surface area contributed by atoms with E-state index in [-0.39, 0.29) is 12.0 Å². The van der Waals surface area contributed by atoms with Gasteiger partial charge < -0.3 is 31.0 Å². The number of nitrogen functional groups attached to an aromatic ring is 1. The smallest absolute Gasteiger partial charge is 0.249 e. The molecule has 1 aromatic heterocycles. The SMILES string of the molecule is COc1cc2nc(C(C)(N)CCCNC(=O)C3CCCO3)nc(N)c2cc1OC. The minimum absolute atomic E-state index is 0.0616. The van der Waals surface area contributed by atoms with E-state index in [1.165, 1.54) is 0 Å². The van der Waals surface area contributed by atoms with Crippen LogP contribution < -0.4 is 26.3 Å². The lowest BCUT2D eigenvalue weighted by Gasteiger charge is -2.24. The van der Waals surface area contributed by atoms with Gasteiger partial charge in [0, 0.05) is 24.6 Å². The fourth-order valence-electron chi connectivity index (χ4n) is 3.41. The molecule has 2 unspecified atom stereocenters. The number of nitrogens with zero attached hydrogens (tertiary/aromatic N) is 2. The van der Waals surface area contributed by atoms with Gasteiger partial charge in [-0.25, -0.2) is 9.97 Å². The normalized spacial score (nSPS) is 18.4. The quantitative estimate of drug-likeness (QED) is 0.564. The number of carbonyl (C=O) groups excluding carboxylic acids is 1. The zero-order chi connectivity index (χ0) is 21.0. The highest BCUT2D eigenvalue weighted by Gasteiger charge is 2.27. The molecule has 1 aromatic carbocycles. The first-order chi connectivity index (χ1) is 13.9. The minimum atomic E-state index is -0.802. The summed E-state index contributed by atoms with van der Waals surface area (Å²) in [5.41, 5.74) is 12.5. The van der Waals surface area contributed by atoms with Gasteiger partial charge in [0.1, 0.15) is 11.9 Å². The Bertz CT molecular complexity index is 881. The number of aromatic nitrogens is 2. The summed E-state index contributed by atoms with van der Waals surface area (Å²) in [4.78, 5) is 21.0. The molecule has 2 atom stereocenters. The van der Waals surface area contributed by atoms with E-state index in [1.54, 1.807) is 26.4 Å². The monoisotopic (exact) mass is 403 g/mol. The van der Waals surface area contributed by atoms with Crippen LogP contribution in [-0.4, -0.2) is 49.4 Å². The number of amides is 1. The van der Waals surface area contributed by atoms with Crippen LogP contribution in [0.1, 0.15) is 38.4 Å². The van der Waals surface area contributed by atoms with Crippen molar-refractivity contribution in [3.8, 4) is 11.5 Å². The van der Waals surface area contributed by atoms with Crippen molar-refractivity contribution < 1.29 is 19.0 Å². The molecular formula is C20H29N5O4. The Morgan fingerprint density at radius 3 is 2.69 bits per heavy atom. The third-order valence-corrected chi connectivity index (χ3v) is 5.14. The summed E-state index contributed by atoms with van der Waals surface area (Å²) in [6.07, 6.45) is 2.64. The van der Waals surface area contributed by atoms with Crippen LogP contribution >= 0.6 is 0 Å². The fourth-order valence-corrected chi connectivity index (χ4v) is 3.41. The number of hydrogen-bond acceptors (Lipinski definition) is 8. The molecule has 3 rings (SSSR count). The number of rotatable bonds is 8. The number of ether oxygens (including phenoxy) is 3. The van der Waals surface area contributed by atoms with Crippen LogP contribution in [0.4, 0.5) is 5.82 Å². The number of carbonyl (C=O) groups is 1. The summed E-state index contributed by atoms with van der Waals surface area (Å²) >= 11 is 0. The van der Waals surface area contributed by atoms with Gasteiger partial charge in [-0.15, -0.1) is 0 Å². The lowest BCUT2D eigenvalue weighted by atomic mass is 9.95. The van der Waals surface area contributed by atoms with Crippen molar-refractivity contribution in [2.75, 3.05) is 33.1 Å². The Morgan fingerprint density at radius 2 is 2.03 bits per heavy atom. The molecule has 9 nitrogen and oxygen atoms in total. The van der Waals surface area contributed by atoms with Crippen LogP contribution in [0.2, 0.25) is 0 Å². The Hall–Kier alpha value is -2.65. The number of nitrogens with one attached hydrogen (secondary N) is 1. The van der Waals surface area contributed by atoms with Crippen LogP contribution in [-0.2, 0) is 15.1 Å². The molecule has 0 saturated carbocycles. The number of fused-ring (bicyclic) bond motifs is 1. The number of anilines is 1. The average molecular weight is 403 g/mol. The summed E-state index contributed by atoms with van der Waals surface area (Å²) in [6, 6.07) is 3.51. The van der Waals surface area contributed by atoms with E-state index in [1.807, 2.05) is 6.92 Å². The lowest BCUT2D eigenvalue weighted by molar-refractivity contribution is -0.130. The molecule has 2 heterocycles. The molecule has 1 fully saturated rings. The second-order valence-electron chi connectivity index (χ2n) is 7.47. The Balaban J connectivity index is 1.69. The molecule has 29 heavy (non-hydrogen) atoms. The van der Waals surface area contributed by atoms with Gasteiger partial charge in [-0.1, -0.05) is 0 Å². The first-order valence-electron chi connectivity index (χ1n) is 9.73. The predicted molar refractivity (Wildman–Crippen MR) is 110 cm³/mol. The fraction of sp³-hybridized carbons (Fsp3) is 0.550. The number of nitrogens with two attached hydrogens (primary N) is 2. The maximum absolute atomic E-state index is 12.0. The highest BCUT2D eigenvalue weighted by Crippen LogP contribution is 2.34. The molecule has 1 aliphatic heterocycles. The topological polar surface area (TPSA) is 135 Å². The van der Waals surface area contributed by atoms with E-state index in [2.05, 4.69) is 15.3 Å². The molecule has 0 spiro atoms. The van der Waals surface area contributed by atoms with Crippen molar-refractivity contribution in [2.24, 2.45) is 5.73 Å². The van der Waals surface area contributed by atoms with E-state index < -0.39 is 5.54 Å². The highest BCUT2D eigenvalue weighted by atomic mass is 16.5. The third-order valence-electron chi connectivity index (χ3n) is 5.14. The minimum Gasteiger partial charge on any atom is -0.493 e. The van der Waals surface area contributed by atoms with E-state index >= 15 is 0 Å². The molecule has 158 valence electrons. The zero-order valence-electron chi connectivity index (χ0n) is 17.2. The van der Waals surface area contributed by atoms with Gasteiger partial charge in [-0.2, -0.15) is 0 Å². The maximum atomic E-state index is 12.0. The summed E-state index contributed by atoms with van der Waals surface area (Å²) in [5, 5.41) is 3.57. The first-order valence-corrected chi connectivity index (χ1v) is 9.73. The number of methoxy groups -OCH3 is 2. The molecule has 9 heteroatoms. The van der Waals surface area contributed by atoms with Crippen LogP contribution in [0, 0.1) is 0 Å². The molecule has 5 N–H and O–H groups in total. The van der Waals surface area contributed by atoms with E-state index in [0.717, 1.165) is 12.8 Å². The van der Waals surface area contributed by atoms with Gasteiger partial charge in [-0.05, 0) is 38.7 Å². The predicted octanol–water partition coefficient (Wildman–Crippen LogP) is 1.48. The van der Waals surface area contributed by atoms with Crippen molar-refractivity contribution in [2.45, 2.75) is 44.2 Å². The van der Waals surface area contributed by atoms with E-state index in [4.69, 9.17) is 25.7 Å². The number of benzene rings is 1. The second kappa shape index (κ2) is 8.79.